The molecule has 0 heterocycles. The quantitative estimate of drug-likeness (QED) is 0.184. The van der Waals surface area contributed by atoms with Crippen LogP contribution in [0, 0.1) is 46.8 Å². The van der Waals surface area contributed by atoms with E-state index >= 15 is 0 Å². The molecule has 0 amide bonds. The van der Waals surface area contributed by atoms with E-state index in [1.54, 1.807) is 0 Å². The first kappa shape index (κ1) is 23.6. The summed E-state index contributed by atoms with van der Waals surface area (Å²) in [5.74, 6) is 6.50. The van der Waals surface area contributed by atoms with Gasteiger partial charge in [-0.25, -0.2) is 0 Å². The fraction of sp³-hybridized carbons (Fsp3) is 0.929. The SMILES string of the molecule is CO[C@H]1CCC2=C(C1)[C@H](CI)C[C@@H]1[C@@H]2CC[C@]2(C)[C@@H]([C@H](C)CCCC(C)C)CC[C@@H]12. The highest BCUT2D eigenvalue weighted by Gasteiger charge is 2.56. The number of allylic oxidation sites excluding steroid dienone is 1. The lowest BCUT2D eigenvalue weighted by Gasteiger charge is -2.54. The molecular weight excluding hydrogens is 479 g/mol. The topological polar surface area (TPSA) is 9.23 Å². The lowest BCUT2D eigenvalue weighted by molar-refractivity contribution is -0.0119. The molecule has 4 aliphatic rings. The number of ether oxygens (including phenoxy) is 1. The number of hydrogen-bond acceptors (Lipinski definition) is 1. The van der Waals surface area contributed by atoms with Gasteiger partial charge in [0.25, 0.3) is 0 Å². The zero-order valence-corrected chi connectivity index (χ0v) is 22.5. The van der Waals surface area contributed by atoms with E-state index in [9.17, 15) is 0 Å². The highest BCUT2D eigenvalue weighted by molar-refractivity contribution is 14.1. The predicted molar refractivity (Wildman–Crippen MR) is 137 cm³/mol. The van der Waals surface area contributed by atoms with E-state index < -0.39 is 0 Å². The van der Waals surface area contributed by atoms with Gasteiger partial charge in [0.2, 0.25) is 0 Å². The van der Waals surface area contributed by atoms with Gasteiger partial charge in [-0.15, -0.1) is 0 Å². The van der Waals surface area contributed by atoms with Gasteiger partial charge in [0.15, 0.2) is 0 Å². The Morgan fingerprint density at radius 1 is 1.07 bits per heavy atom. The van der Waals surface area contributed by atoms with Crippen LogP contribution in [0.2, 0.25) is 0 Å². The Morgan fingerprint density at radius 3 is 2.57 bits per heavy atom. The van der Waals surface area contributed by atoms with E-state index in [4.69, 9.17) is 4.74 Å². The van der Waals surface area contributed by atoms with Gasteiger partial charge in [-0.1, -0.05) is 80.7 Å². The van der Waals surface area contributed by atoms with Crippen molar-refractivity contribution >= 4 is 22.6 Å². The molecule has 2 saturated carbocycles. The molecule has 0 radical (unpaired) electrons. The Labute approximate surface area is 200 Å². The van der Waals surface area contributed by atoms with Crippen molar-refractivity contribution in [3.8, 4) is 0 Å². The van der Waals surface area contributed by atoms with E-state index in [1.807, 2.05) is 18.3 Å². The highest BCUT2D eigenvalue weighted by atomic mass is 127. The maximum absolute atomic E-state index is 5.81. The number of halogens is 1. The van der Waals surface area contributed by atoms with Gasteiger partial charge < -0.3 is 4.74 Å². The molecule has 30 heavy (non-hydrogen) atoms. The minimum absolute atomic E-state index is 0.488. The first-order valence-corrected chi connectivity index (χ1v) is 14.7. The van der Waals surface area contributed by atoms with Gasteiger partial charge >= 0.3 is 0 Å². The maximum atomic E-state index is 5.81. The van der Waals surface area contributed by atoms with Crippen molar-refractivity contribution in [1.82, 2.24) is 0 Å². The summed E-state index contributed by atoms with van der Waals surface area (Å²) in [6, 6.07) is 0. The number of fused-ring (bicyclic) bond motifs is 4. The van der Waals surface area contributed by atoms with Crippen molar-refractivity contribution in [1.29, 1.82) is 0 Å². The second kappa shape index (κ2) is 9.74. The molecule has 0 unspecified atom stereocenters. The van der Waals surface area contributed by atoms with Crippen LogP contribution in [0.3, 0.4) is 0 Å². The Balaban J connectivity index is 1.51. The minimum Gasteiger partial charge on any atom is -0.381 e. The van der Waals surface area contributed by atoms with Crippen LogP contribution in [-0.2, 0) is 4.74 Å². The Bertz CT molecular complexity index is 624. The Hall–Kier alpha value is 0.430. The summed E-state index contributed by atoms with van der Waals surface area (Å²) < 4.78 is 7.12. The molecule has 2 fully saturated rings. The fourth-order valence-electron chi connectivity index (χ4n) is 8.71. The molecule has 1 nitrogen and oxygen atoms in total. The average molecular weight is 527 g/mol. The van der Waals surface area contributed by atoms with Crippen molar-refractivity contribution in [3.05, 3.63) is 11.1 Å². The number of hydrogen-bond donors (Lipinski definition) is 0. The van der Waals surface area contributed by atoms with Gasteiger partial charge in [0.1, 0.15) is 0 Å². The normalized spacial score (nSPS) is 42.1. The molecule has 4 aliphatic carbocycles. The molecule has 0 aromatic carbocycles. The maximum Gasteiger partial charge on any atom is 0.0611 e. The first-order valence-electron chi connectivity index (χ1n) is 13.2. The molecule has 0 aromatic heterocycles. The third-order valence-corrected chi connectivity index (χ3v) is 11.3. The monoisotopic (exact) mass is 526 g/mol. The smallest absolute Gasteiger partial charge is 0.0611 e. The van der Waals surface area contributed by atoms with Crippen LogP contribution in [0.1, 0.15) is 98.3 Å². The summed E-state index contributed by atoms with van der Waals surface area (Å²) in [4.78, 5) is 0. The first-order chi connectivity index (χ1) is 14.4. The van der Waals surface area contributed by atoms with E-state index in [0.717, 1.165) is 41.4 Å². The van der Waals surface area contributed by atoms with E-state index in [-0.39, 0.29) is 0 Å². The van der Waals surface area contributed by atoms with Crippen molar-refractivity contribution < 1.29 is 4.74 Å². The van der Waals surface area contributed by atoms with Crippen molar-refractivity contribution in [3.63, 3.8) is 0 Å². The van der Waals surface area contributed by atoms with Crippen LogP contribution in [0.4, 0.5) is 0 Å². The summed E-state index contributed by atoms with van der Waals surface area (Å²) >= 11 is 2.68. The molecule has 2 heteroatoms. The second-order valence-corrected chi connectivity index (χ2v) is 13.0. The molecule has 0 aromatic rings. The van der Waals surface area contributed by atoms with Gasteiger partial charge in [-0.2, -0.15) is 0 Å². The Morgan fingerprint density at radius 2 is 1.87 bits per heavy atom. The average Bonchev–Trinajstić information content (AvgIpc) is 3.09. The van der Waals surface area contributed by atoms with Crippen LogP contribution in [0.25, 0.3) is 0 Å². The summed E-state index contributed by atoms with van der Waals surface area (Å²) in [7, 11) is 1.92. The van der Waals surface area contributed by atoms with Crippen LogP contribution < -0.4 is 0 Å². The standard InChI is InChI=1S/C28H47IO/c1-18(2)7-6-8-19(3)26-11-12-27-25-15-20(17-29)24-16-21(30-5)9-10-22(24)23(25)13-14-28(26,27)4/h18-21,23,25-27H,6-17H2,1-5H3/t19-,20+,21+,23-,25-,26-,27+,28-/m1/s1. The zero-order chi connectivity index (χ0) is 21.5. The van der Waals surface area contributed by atoms with Gasteiger partial charge in [0, 0.05) is 11.5 Å². The van der Waals surface area contributed by atoms with E-state index in [1.165, 1.54) is 75.1 Å². The number of methoxy groups -OCH3 is 1. The van der Waals surface area contributed by atoms with Crippen LogP contribution in [0.15, 0.2) is 11.1 Å². The predicted octanol–water partition coefficient (Wildman–Crippen LogP) is 8.46. The van der Waals surface area contributed by atoms with E-state index in [2.05, 4.69) is 50.3 Å². The Kier molecular flexibility index (Phi) is 7.65. The van der Waals surface area contributed by atoms with Crippen molar-refractivity contribution in [2.24, 2.45) is 46.8 Å². The molecule has 0 spiro atoms. The largest absolute Gasteiger partial charge is 0.381 e. The van der Waals surface area contributed by atoms with Crippen LogP contribution in [-0.4, -0.2) is 17.6 Å². The zero-order valence-electron chi connectivity index (χ0n) is 20.4. The number of rotatable bonds is 7. The molecule has 0 saturated heterocycles. The molecule has 0 N–H and O–H groups in total. The van der Waals surface area contributed by atoms with Crippen molar-refractivity contribution in [2.45, 2.75) is 104 Å². The minimum atomic E-state index is 0.488. The van der Waals surface area contributed by atoms with Gasteiger partial charge in [-0.3, -0.25) is 0 Å². The highest BCUT2D eigenvalue weighted by Crippen LogP contribution is 2.65. The molecule has 8 atom stereocenters. The summed E-state index contributed by atoms with van der Waals surface area (Å²) in [6.45, 7) is 10.1. The molecule has 0 aliphatic heterocycles. The summed E-state index contributed by atoms with van der Waals surface area (Å²) in [5.41, 5.74) is 4.40. The lowest BCUT2D eigenvalue weighted by Crippen LogP contribution is -2.46. The molecule has 0 bridgehead atoms. The lowest BCUT2D eigenvalue weighted by atomic mass is 9.51. The third kappa shape index (κ3) is 4.31. The molecule has 172 valence electrons. The summed E-state index contributed by atoms with van der Waals surface area (Å²) in [6.07, 6.45) is 16.1. The fourth-order valence-corrected chi connectivity index (χ4v) is 9.60. The van der Waals surface area contributed by atoms with Crippen LogP contribution in [0.5, 0.6) is 0 Å². The summed E-state index contributed by atoms with van der Waals surface area (Å²) in [5, 5.41) is 0. The molecule has 4 rings (SSSR count). The van der Waals surface area contributed by atoms with Crippen molar-refractivity contribution in [2.75, 3.05) is 11.5 Å². The third-order valence-electron chi connectivity index (χ3n) is 10.3. The van der Waals surface area contributed by atoms with Crippen LogP contribution >= 0.6 is 22.6 Å². The van der Waals surface area contributed by atoms with E-state index in [0.29, 0.717) is 11.5 Å². The molecular formula is C28H47IO. The van der Waals surface area contributed by atoms with Gasteiger partial charge in [0.05, 0.1) is 6.10 Å². The second-order valence-electron chi connectivity index (χ2n) is 12.1. The number of alkyl halides is 1. The van der Waals surface area contributed by atoms with Gasteiger partial charge in [-0.05, 0) is 98.2 Å².